The average molecular weight is 313 g/mol. The summed E-state index contributed by atoms with van der Waals surface area (Å²) < 4.78 is 38.6. The highest BCUT2D eigenvalue weighted by Crippen LogP contribution is 2.48. The van der Waals surface area contributed by atoms with Gasteiger partial charge in [0.05, 0.1) is 0 Å². The molecular formula is C17H16ClF3. The van der Waals surface area contributed by atoms with E-state index >= 15 is 0 Å². The molecule has 21 heavy (non-hydrogen) atoms. The third-order valence-electron chi connectivity index (χ3n) is 3.32. The second kappa shape index (κ2) is 6.99. The number of hydrogen-bond acceptors (Lipinski definition) is 0. The van der Waals surface area contributed by atoms with Crippen LogP contribution in [0.1, 0.15) is 26.2 Å². The molecule has 4 heteroatoms. The molecule has 0 atom stereocenters. The van der Waals surface area contributed by atoms with Gasteiger partial charge < -0.3 is 0 Å². The summed E-state index contributed by atoms with van der Waals surface area (Å²) in [6, 6.07) is 6.92. The second-order valence-corrected chi connectivity index (χ2v) is 5.25. The minimum atomic E-state index is -0.913. The third kappa shape index (κ3) is 3.59. The monoisotopic (exact) mass is 312 g/mol. The zero-order valence-corrected chi connectivity index (χ0v) is 12.5. The van der Waals surface area contributed by atoms with Gasteiger partial charge in [0.25, 0.3) is 0 Å². The molecule has 0 heterocycles. The quantitative estimate of drug-likeness (QED) is 0.399. The van der Waals surface area contributed by atoms with Crippen molar-refractivity contribution >= 4 is 11.6 Å². The van der Waals surface area contributed by atoms with Crippen LogP contribution in [0.4, 0.5) is 13.2 Å². The van der Waals surface area contributed by atoms with Crippen molar-refractivity contribution in [1.29, 1.82) is 0 Å². The molecule has 0 N–H and O–H groups in total. The fourth-order valence-corrected chi connectivity index (χ4v) is 2.29. The molecule has 0 aliphatic heterocycles. The Labute approximate surface area is 127 Å². The number of hydrogen-bond donors (Lipinski definition) is 0. The van der Waals surface area contributed by atoms with Crippen LogP contribution in [0.25, 0.3) is 22.3 Å². The molecule has 0 unspecified atom stereocenters. The molecule has 0 fully saturated rings. The van der Waals surface area contributed by atoms with Gasteiger partial charge in [-0.25, -0.2) is 13.2 Å². The van der Waals surface area contributed by atoms with E-state index in [1.165, 1.54) is 25.3 Å². The first-order valence-electron chi connectivity index (χ1n) is 6.94. The molecular weight excluding hydrogens is 297 g/mol. The Morgan fingerprint density at radius 1 is 0.905 bits per heavy atom. The SMILES string of the molecule is CCCCCCl.Fc1ccc(-c2ccc3c(F)c2-3)cc1F. The summed E-state index contributed by atoms with van der Waals surface area (Å²) in [4.78, 5) is 0. The number of alkyl halides is 1. The molecule has 0 saturated carbocycles. The maximum atomic E-state index is 12.9. The van der Waals surface area contributed by atoms with E-state index in [0.717, 1.165) is 18.0 Å². The lowest BCUT2D eigenvalue weighted by Gasteiger charge is -1.99. The van der Waals surface area contributed by atoms with Gasteiger partial charge in [-0.15, -0.1) is 11.6 Å². The minimum absolute atomic E-state index is 0.239. The third-order valence-corrected chi connectivity index (χ3v) is 3.58. The largest absolute Gasteiger partial charge is 0.206 e. The molecule has 0 aromatic heterocycles. The van der Waals surface area contributed by atoms with Gasteiger partial charge in [-0.2, -0.15) is 0 Å². The van der Waals surface area contributed by atoms with Crippen LogP contribution in [0.5, 0.6) is 0 Å². The Hall–Kier alpha value is -1.48. The lowest BCUT2D eigenvalue weighted by atomic mass is 10.1. The smallest absolute Gasteiger partial charge is 0.159 e. The van der Waals surface area contributed by atoms with Gasteiger partial charge in [-0.3, -0.25) is 0 Å². The fraction of sp³-hybridized carbons (Fsp3) is 0.294. The molecule has 2 aliphatic rings. The van der Waals surface area contributed by atoms with Crippen molar-refractivity contribution < 1.29 is 13.2 Å². The van der Waals surface area contributed by atoms with Gasteiger partial charge >= 0.3 is 0 Å². The molecule has 0 nitrogen and oxygen atoms in total. The van der Waals surface area contributed by atoms with E-state index in [-0.39, 0.29) is 5.82 Å². The molecule has 0 amide bonds. The first-order chi connectivity index (χ1) is 10.1. The van der Waals surface area contributed by atoms with E-state index in [2.05, 4.69) is 6.92 Å². The molecule has 2 aliphatic carbocycles. The summed E-state index contributed by atoms with van der Waals surface area (Å²) >= 11 is 5.38. The molecule has 0 saturated heterocycles. The predicted molar refractivity (Wildman–Crippen MR) is 81.0 cm³/mol. The summed E-state index contributed by atoms with van der Waals surface area (Å²) in [5, 5.41) is 0. The zero-order chi connectivity index (χ0) is 15.4. The number of unbranched alkanes of at least 4 members (excludes halogenated alkanes) is 2. The molecule has 0 bridgehead atoms. The van der Waals surface area contributed by atoms with Crippen molar-refractivity contribution in [1.82, 2.24) is 0 Å². The predicted octanol–water partition coefficient (Wildman–Crippen LogP) is 6.17. The van der Waals surface area contributed by atoms with Crippen LogP contribution in [0.15, 0.2) is 30.3 Å². The Kier molecular flexibility index (Phi) is 5.29. The van der Waals surface area contributed by atoms with Crippen LogP contribution in [-0.4, -0.2) is 5.88 Å². The van der Waals surface area contributed by atoms with Gasteiger partial charge in [0.15, 0.2) is 11.6 Å². The zero-order valence-electron chi connectivity index (χ0n) is 11.7. The number of fused-ring (bicyclic) bond motifs is 1. The van der Waals surface area contributed by atoms with Gasteiger partial charge in [-0.1, -0.05) is 38.0 Å². The summed E-state index contributed by atoms with van der Waals surface area (Å²) in [5.41, 5.74) is 2.24. The summed E-state index contributed by atoms with van der Waals surface area (Å²) in [6.07, 6.45) is 3.73. The Morgan fingerprint density at radius 2 is 1.62 bits per heavy atom. The average Bonchev–Trinajstić information content (AvgIpc) is 2.92. The summed E-state index contributed by atoms with van der Waals surface area (Å²) in [6.45, 7) is 2.17. The van der Waals surface area contributed by atoms with Crippen molar-refractivity contribution in [2.24, 2.45) is 0 Å². The van der Waals surface area contributed by atoms with Crippen molar-refractivity contribution in [2.75, 3.05) is 5.88 Å². The van der Waals surface area contributed by atoms with E-state index in [0.29, 0.717) is 22.3 Å². The standard InChI is InChI=1S/C12H5F3.C5H11Cl/c13-9-4-1-6(5-10(9)14)7-2-3-8-11(7)12(8)15;1-2-3-4-5-6/h1-5H;2-5H2,1H3. The van der Waals surface area contributed by atoms with E-state index in [9.17, 15) is 13.2 Å². The molecule has 3 rings (SSSR count). The van der Waals surface area contributed by atoms with Gasteiger partial charge in [0.1, 0.15) is 5.82 Å². The Bertz CT molecular complexity index is 634. The minimum Gasteiger partial charge on any atom is -0.206 e. The topological polar surface area (TPSA) is 0 Å². The van der Waals surface area contributed by atoms with Crippen LogP contribution in [0.3, 0.4) is 0 Å². The molecule has 1 aromatic carbocycles. The van der Waals surface area contributed by atoms with E-state index < -0.39 is 11.6 Å². The van der Waals surface area contributed by atoms with Crippen LogP contribution >= 0.6 is 11.6 Å². The van der Waals surface area contributed by atoms with Gasteiger partial charge in [0.2, 0.25) is 0 Å². The maximum absolute atomic E-state index is 12.9. The summed E-state index contributed by atoms with van der Waals surface area (Å²) in [7, 11) is 0. The fourth-order valence-electron chi connectivity index (χ4n) is 2.10. The van der Waals surface area contributed by atoms with Crippen molar-refractivity contribution in [3.8, 4) is 22.3 Å². The first-order valence-corrected chi connectivity index (χ1v) is 7.47. The maximum Gasteiger partial charge on any atom is 0.159 e. The van der Waals surface area contributed by atoms with Crippen LogP contribution in [0, 0.1) is 17.5 Å². The lowest BCUT2D eigenvalue weighted by molar-refractivity contribution is 0.509. The summed E-state index contributed by atoms with van der Waals surface area (Å²) in [5.74, 6) is -1.22. The van der Waals surface area contributed by atoms with Crippen molar-refractivity contribution in [3.05, 3.63) is 47.8 Å². The number of benzene rings is 2. The van der Waals surface area contributed by atoms with Gasteiger partial charge in [-0.05, 0) is 29.7 Å². The first kappa shape index (κ1) is 15.9. The van der Waals surface area contributed by atoms with E-state index in [1.54, 1.807) is 12.1 Å². The second-order valence-electron chi connectivity index (χ2n) is 4.87. The van der Waals surface area contributed by atoms with Crippen molar-refractivity contribution in [2.45, 2.75) is 26.2 Å². The van der Waals surface area contributed by atoms with Crippen LogP contribution in [0.2, 0.25) is 0 Å². The van der Waals surface area contributed by atoms with Crippen LogP contribution in [-0.2, 0) is 0 Å². The molecule has 0 radical (unpaired) electrons. The normalized spacial score (nSPS) is 10.9. The highest BCUT2D eigenvalue weighted by molar-refractivity contribution is 6.17. The molecule has 0 spiro atoms. The Morgan fingerprint density at radius 3 is 2.10 bits per heavy atom. The Balaban J connectivity index is 0.000000232. The van der Waals surface area contributed by atoms with E-state index in [1.807, 2.05) is 0 Å². The number of halogens is 4. The molecule has 112 valence electrons. The van der Waals surface area contributed by atoms with Crippen molar-refractivity contribution in [3.63, 3.8) is 0 Å². The molecule has 1 aromatic rings. The number of rotatable bonds is 4. The van der Waals surface area contributed by atoms with Crippen LogP contribution < -0.4 is 0 Å². The van der Waals surface area contributed by atoms with E-state index in [4.69, 9.17) is 11.6 Å². The highest BCUT2D eigenvalue weighted by atomic mass is 35.5. The lowest BCUT2D eigenvalue weighted by Crippen LogP contribution is -1.84. The highest BCUT2D eigenvalue weighted by Gasteiger charge is 2.29. The van der Waals surface area contributed by atoms with Gasteiger partial charge in [0, 0.05) is 17.0 Å².